The molecule has 1 aliphatic carbocycles. The molecule has 7 nitrogen and oxygen atoms in total. The van der Waals surface area contributed by atoms with E-state index >= 15 is 0 Å². The van der Waals surface area contributed by atoms with Crippen LogP contribution in [0, 0.1) is 5.41 Å². The van der Waals surface area contributed by atoms with Crippen molar-refractivity contribution in [1.29, 1.82) is 0 Å². The summed E-state index contributed by atoms with van der Waals surface area (Å²) in [6, 6.07) is -0.439. The quantitative estimate of drug-likeness (QED) is 0.583. The van der Waals surface area contributed by atoms with Crippen LogP contribution in [0.5, 0.6) is 0 Å². The van der Waals surface area contributed by atoms with Gasteiger partial charge in [-0.1, -0.05) is 6.42 Å². The molecule has 3 amide bonds. The van der Waals surface area contributed by atoms with Gasteiger partial charge in [-0.2, -0.15) is 0 Å². The number of nitrogens with one attached hydrogen (secondary N) is 3. The van der Waals surface area contributed by atoms with E-state index in [0.29, 0.717) is 12.8 Å². The maximum absolute atomic E-state index is 11.6. The molecule has 0 radical (unpaired) electrons. The van der Waals surface area contributed by atoms with Gasteiger partial charge in [-0.3, -0.25) is 9.59 Å². The highest BCUT2D eigenvalue weighted by molar-refractivity contribution is 5.80. The Balaban J connectivity index is 2.20. The Kier molecular flexibility index (Phi) is 5.57. The van der Waals surface area contributed by atoms with E-state index in [1.807, 2.05) is 20.8 Å². The lowest BCUT2D eigenvalue weighted by atomic mass is 9.69. The van der Waals surface area contributed by atoms with Gasteiger partial charge in [0.05, 0.1) is 5.41 Å². The van der Waals surface area contributed by atoms with Gasteiger partial charge in [0.25, 0.3) is 0 Å². The van der Waals surface area contributed by atoms with Crippen molar-refractivity contribution in [2.45, 2.75) is 52.0 Å². The summed E-state index contributed by atoms with van der Waals surface area (Å²) in [6.07, 6.45) is 2.25. The van der Waals surface area contributed by atoms with Crippen molar-refractivity contribution in [1.82, 2.24) is 16.0 Å². The van der Waals surface area contributed by atoms with Crippen LogP contribution < -0.4 is 16.0 Å². The minimum absolute atomic E-state index is 0.127. The van der Waals surface area contributed by atoms with Crippen LogP contribution in [0.15, 0.2) is 0 Å². The highest BCUT2D eigenvalue weighted by Gasteiger charge is 2.44. The smallest absolute Gasteiger partial charge is 0.314 e. The number of urea groups is 1. The molecule has 1 aliphatic rings. The summed E-state index contributed by atoms with van der Waals surface area (Å²) in [5.41, 5.74) is -1.10. The van der Waals surface area contributed by atoms with E-state index in [9.17, 15) is 14.4 Å². The van der Waals surface area contributed by atoms with Gasteiger partial charge in [0.15, 0.2) is 0 Å². The fraction of sp³-hybridized carbons (Fsp3) is 0.786. The molecule has 21 heavy (non-hydrogen) atoms. The molecule has 0 aromatic heterocycles. The average molecular weight is 299 g/mol. The molecule has 1 fully saturated rings. The Labute approximate surface area is 124 Å². The van der Waals surface area contributed by atoms with E-state index in [4.69, 9.17) is 5.11 Å². The van der Waals surface area contributed by atoms with Crippen LogP contribution in [-0.2, 0) is 9.59 Å². The minimum Gasteiger partial charge on any atom is -0.481 e. The lowest BCUT2D eigenvalue weighted by Crippen LogP contribution is -2.50. The van der Waals surface area contributed by atoms with Gasteiger partial charge in [0.1, 0.15) is 0 Å². The molecule has 0 aromatic rings. The topological polar surface area (TPSA) is 108 Å². The zero-order valence-corrected chi connectivity index (χ0v) is 12.9. The third-order valence-corrected chi connectivity index (χ3v) is 3.50. The molecule has 0 atom stereocenters. The number of carbonyl (C=O) groups excluding carboxylic acids is 2. The molecule has 0 bridgehead atoms. The summed E-state index contributed by atoms with van der Waals surface area (Å²) in [4.78, 5) is 34.2. The Morgan fingerprint density at radius 2 is 1.76 bits per heavy atom. The first-order valence-corrected chi connectivity index (χ1v) is 7.21. The zero-order valence-electron chi connectivity index (χ0n) is 12.9. The lowest BCUT2D eigenvalue weighted by Gasteiger charge is -2.37. The first-order chi connectivity index (χ1) is 9.65. The Hall–Kier alpha value is -1.79. The molecular weight excluding hydrogens is 274 g/mol. The molecule has 0 unspecified atom stereocenters. The SMILES string of the molecule is CC(C)(C)NC(=O)CCNC(=O)NCC1(C(=O)O)CCC1. The largest absolute Gasteiger partial charge is 0.481 e. The van der Waals surface area contributed by atoms with Crippen LogP contribution in [0.25, 0.3) is 0 Å². The van der Waals surface area contributed by atoms with Crippen molar-refractivity contribution in [3.8, 4) is 0 Å². The second-order valence-electron chi connectivity index (χ2n) is 6.60. The number of aliphatic carboxylic acids is 1. The van der Waals surface area contributed by atoms with E-state index in [0.717, 1.165) is 6.42 Å². The number of carboxylic acid groups (broad SMARTS) is 1. The normalized spacial score (nSPS) is 16.5. The molecule has 7 heteroatoms. The van der Waals surface area contributed by atoms with Gasteiger partial charge in [-0.05, 0) is 33.6 Å². The van der Waals surface area contributed by atoms with E-state index in [1.54, 1.807) is 0 Å². The molecule has 0 heterocycles. The van der Waals surface area contributed by atoms with Gasteiger partial charge < -0.3 is 21.1 Å². The molecule has 4 N–H and O–H groups in total. The lowest BCUT2D eigenvalue weighted by molar-refractivity contribution is -0.153. The van der Waals surface area contributed by atoms with Gasteiger partial charge >= 0.3 is 12.0 Å². The highest BCUT2D eigenvalue weighted by atomic mass is 16.4. The number of hydrogen-bond acceptors (Lipinski definition) is 3. The van der Waals surface area contributed by atoms with Crippen molar-refractivity contribution in [3.05, 3.63) is 0 Å². The molecule has 0 aliphatic heterocycles. The molecule has 0 saturated heterocycles. The van der Waals surface area contributed by atoms with Gasteiger partial charge in [0, 0.05) is 25.0 Å². The van der Waals surface area contributed by atoms with Crippen LogP contribution >= 0.6 is 0 Å². The Bertz CT molecular complexity index is 411. The number of amides is 3. The maximum Gasteiger partial charge on any atom is 0.314 e. The first-order valence-electron chi connectivity index (χ1n) is 7.21. The molecule has 1 rings (SSSR count). The van der Waals surface area contributed by atoms with Crippen LogP contribution in [-0.4, -0.2) is 41.6 Å². The number of hydrogen-bond donors (Lipinski definition) is 4. The van der Waals surface area contributed by atoms with Crippen molar-refractivity contribution in [2.24, 2.45) is 5.41 Å². The summed E-state index contributed by atoms with van der Waals surface area (Å²) in [5, 5.41) is 17.0. The van der Waals surface area contributed by atoms with E-state index in [1.165, 1.54) is 0 Å². The van der Waals surface area contributed by atoms with E-state index < -0.39 is 17.4 Å². The van der Waals surface area contributed by atoms with Crippen LogP contribution in [0.1, 0.15) is 46.5 Å². The Morgan fingerprint density at radius 3 is 2.19 bits per heavy atom. The second-order valence-corrected chi connectivity index (χ2v) is 6.60. The standard InChI is InChI=1S/C14H25N3O4/c1-13(2,3)17-10(18)5-8-15-12(21)16-9-14(11(19)20)6-4-7-14/h4-9H2,1-3H3,(H,17,18)(H,19,20)(H2,15,16,21). The van der Waals surface area contributed by atoms with Gasteiger partial charge in [-0.25, -0.2) is 4.79 Å². The maximum atomic E-state index is 11.6. The first kappa shape index (κ1) is 17.3. The molecule has 0 spiro atoms. The predicted octanol–water partition coefficient (Wildman–Crippen LogP) is 0.845. The predicted molar refractivity (Wildman–Crippen MR) is 77.8 cm³/mol. The highest BCUT2D eigenvalue weighted by Crippen LogP contribution is 2.40. The summed E-state index contributed by atoms with van der Waals surface area (Å²) in [7, 11) is 0. The van der Waals surface area contributed by atoms with E-state index in [2.05, 4.69) is 16.0 Å². The Morgan fingerprint density at radius 1 is 1.14 bits per heavy atom. The van der Waals surface area contributed by atoms with Crippen LogP contribution in [0.4, 0.5) is 4.79 Å². The van der Waals surface area contributed by atoms with E-state index in [-0.39, 0.29) is 31.0 Å². The zero-order chi connectivity index (χ0) is 16.1. The monoisotopic (exact) mass is 299 g/mol. The molecule has 1 saturated carbocycles. The third kappa shape index (κ3) is 5.61. The second kappa shape index (κ2) is 6.78. The van der Waals surface area contributed by atoms with Crippen molar-refractivity contribution < 1.29 is 19.5 Å². The van der Waals surface area contributed by atoms with Crippen molar-refractivity contribution in [2.75, 3.05) is 13.1 Å². The van der Waals surface area contributed by atoms with Crippen molar-refractivity contribution in [3.63, 3.8) is 0 Å². The number of carbonyl (C=O) groups is 3. The molecular formula is C14H25N3O4. The summed E-state index contributed by atoms with van der Waals surface area (Å²) in [6.45, 7) is 6.00. The van der Waals surface area contributed by atoms with Crippen molar-refractivity contribution >= 4 is 17.9 Å². The third-order valence-electron chi connectivity index (χ3n) is 3.50. The molecule has 120 valence electrons. The van der Waals surface area contributed by atoms with Crippen LogP contribution in [0.2, 0.25) is 0 Å². The number of rotatable bonds is 6. The fourth-order valence-electron chi connectivity index (χ4n) is 2.15. The summed E-state index contributed by atoms with van der Waals surface area (Å²) < 4.78 is 0. The van der Waals surface area contributed by atoms with Gasteiger partial charge in [-0.15, -0.1) is 0 Å². The summed E-state index contributed by atoms with van der Waals surface area (Å²) >= 11 is 0. The number of carboxylic acids is 1. The minimum atomic E-state index is -0.862. The average Bonchev–Trinajstić information content (AvgIpc) is 2.24. The molecule has 0 aromatic carbocycles. The van der Waals surface area contributed by atoms with Crippen LogP contribution in [0.3, 0.4) is 0 Å². The van der Waals surface area contributed by atoms with Gasteiger partial charge in [0.2, 0.25) is 5.91 Å². The summed E-state index contributed by atoms with van der Waals surface area (Å²) in [5.74, 6) is -0.998. The fourth-order valence-corrected chi connectivity index (χ4v) is 2.15.